The lowest BCUT2D eigenvalue weighted by atomic mass is 10.3. The minimum atomic E-state index is -0.0723. The Kier molecular flexibility index (Phi) is 3.66. The molecule has 0 saturated carbocycles. The highest BCUT2D eigenvalue weighted by atomic mass is 127. The predicted molar refractivity (Wildman–Crippen MR) is 62.7 cm³/mol. The average molecular weight is 355 g/mol. The van der Waals surface area contributed by atoms with Crippen LogP contribution in [-0.2, 0) is 0 Å². The third-order valence-corrected chi connectivity index (χ3v) is 2.67. The third-order valence-electron chi connectivity index (χ3n) is 1.42. The zero-order valence-corrected chi connectivity index (χ0v) is 11.0. The van der Waals surface area contributed by atoms with Crippen molar-refractivity contribution < 1.29 is 4.79 Å². The van der Waals surface area contributed by atoms with Crippen molar-refractivity contribution in [1.82, 2.24) is 9.88 Å². The van der Waals surface area contributed by atoms with Gasteiger partial charge < -0.3 is 4.90 Å². The fourth-order valence-electron chi connectivity index (χ4n) is 0.784. The average Bonchev–Trinajstić information content (AvgIpc) is 2.03. The number of hydrogen-bond donors (Lipinski definition) is 0. The van der Waals surface area contributed by atoms with E-state index in [0.717, 1.165) is 8.04 Å². The molecule has 0 bridgehead atoms. The molecule has 0 atom stereocenters. The van der Waals surface area contributed by atoms with Crippen molar-refractivity contribution >= 4 is 44.4 Å². The standard InChI is InChI=1S/C8H8BrIN2O/c1-12(2)8(13)7-6(10)3-5(9)4-11-7/h3-4H,1-2H3. The number of amides is 1. The molecule has 0 N–H and O–H groups in total. The zero-order chi connectivity index (χ0) is 10.0. The normalized spacial score (nSPS) is 9.85. The van der Waals surface area contributed by atoms with E-state index in [1.807, 2.05) is 6.07 Å². The van der Waals surface area contributed by atoms with Crippen LogP contribution in [0.25, 0.3) is 0 Å². The number of carbonyl (C=O) groups is 1. The van der Waals surface area contributed by atoms with Gasteiger partial charge in [-0.2, -0.15) is 0 Å². The SMILES string of the molecule is CN(C)C(=O)c1ncc(Br)cc1I. The maximum atomic E-state index is 11.5. The van der Waals surface area contributed by atoms with Gasteiger partial charge in [0.25, 0.3) is 5.91 Å². The molecule has 0 radical (unpaired) electrons. The van der Waals surface area contributed by atoms with E-state index in [0.29, 0.717) is 5.69 Å². The van der Waals surface area contributed by atoms with E-state index >= 15 is 0 Å². The van der Waals surface area contributed by atoms with Gasteiger partial charge in [0.1, 0.15) is 5.69 Å². The first-order valence-corrected chi connectivity index (χ1v) is 5.42. The molecule has 3 nitrogen and oxygen atoms in total. The van der Waals surface area contributed by atoms with E-state index in [4.69, 9.17) is 0 Å². The molecule has 0 fully saturated rings. The summed E-state index contributed by atoms with van der Waals surface area (Å²) in [4.78, 5) is 17.1. The van der Waals surface area contributed by atoms with Crippen molar-refractivity contribution in [3.05, 3.63) is 26.0 Å². The second-order valence-electron chi connectivity index (χ2n) is 2.68. The largest absolute Gasteiger partial charge is 0.343 e. The maximum absolute atomic E-state index is 11.5. The number of aromatic nitrogens is 1. The Labute approximate surface area is 98.8 Å². The Morgan fingerprint density at radius 2 is 2.23 bits per heavy atom. The molecule has 1 aromatic rings. The zero-order valence-electron chi connectivity index (χ0n) is 7.21. The van der Waals surface area contributed by atoms with Gasteiger partial charge >= 0.3 is 0 Å². The fraction of sp³-hybridized carbons (Fsp3) is 0.250. The van der Waals surface area contributed by atoms with Crippen LogP contribution in [0.2, 0.25) is 0 Å². The van der Waals surface area contributed by atoms with E-state index in [9.17, 15) is 4.79 Å². The first-order chi connectivity index (χ1) is 6.02. The fourth-order valence-corrected chi connectivity index (χ4v) is 2.25. The third kappa shape index (κ3) is 2.63. The van der Waals surface area contributed by atoms with Crippen LogP contribution in [0.1, 0.15) is 10.5 Å². The first kappa shape index (κ1) is 10.9. The highest BCUT2D eigenvalue weighted by Crippen LogP contribution is 2.16. The summed E-state index contributed by atoms with van der Waals surface area (Å²) in [5.74, 6) is -0.0723. The van der Waals surface area contributed by atoms with Gasteiger partial charge in [0, 0.05) is 28.3 Å². The van der Waals surface area contributed by atoms with Crippen molar-refractivity contribution in [2.75, 3.05) is 14.1 Å². The van der Waals surface area contributed by atoms with Crippen LogP contribution in [0.4, 0.5) is 0 Å². The topological polar surface area (TPSA) is 33.2 Å². The van der Waals surface area contributed by atoms with Crippen LogP contribution in [0, 0.1) is 3.57 Å². The molecule has 0 aliphatic rings. The van der Waals surface area contributed by atoms with Gasteiger partial charge in [-0.3, -0.25) is 4.79 Å². The summed E-state index contributed by atoms with van der Waals surface area (Å²) in [5, 5.41) is 0. The van der Waals surface area contributed by atoms with Gasteiger partial charge in [-0.25, -0.2) is 4.98 Å². The number of pyridine rings is 1. The summed E-state index contributed by atoms with van der Waals surface area (Å²) < 4.78 is 1.73. The van der Waals surface area contributed by atoms with Crippen LogP contribution >= 0.6 is 38.5 Å². The van der Waals surface area contributed by atoms with Crippen LogP contribution in [0.5, 0.6) is 0 Å². The van der Waals surface area contributed by atoms with Crippen LogP contribution in [-0.4, -0.2) is 29.9 Å². The molecule has 70 valence electrons. The Hall–Kier alpha value is -0.170. The molecule has 0 aromatic carbocycles. The maximum Gasteiger partial charge on any atom is 0.273 e. The van der Waals surface area contributed by atoms with Crippen LogP contribution < -0.4 is 0 Å². The van der Waals surface area contributed by atoms with Crippen LogP contribution in [0.3, 0.4) is 0 Å². The lowest BCUT2D eigenvalue weighted by Gasteiger charge is -2.10. The monoisotopic (exact) mass is 354 g/mol. The molecule has 0 saturated heterocycles. The van der Waals surface area contributed by atoms with Gasteiger partial charge in [-0.15, -0.1) is 0 Å². The number of halogens is 2. The lowest BCUT2D eigenvalue weighted by molar-refractivity contribution is 0.0821. The number of carbonyl (C=O) groups excluding carboxylic acids is 1. The van der Waals surface area contributed by atoms with Crippen molar-refractivity contribution in [3.63, 3.8) is 0 Å². The highest BCUT2D eigenvalue weighted by molar-refractivity contribution is 14.1. The van der Waals surface area contributed by atoms with E-state index in [2.05, 4.69) is 43.5 Å². The highest BCUT2D eigenvalue weighted by Gasteiger charge is 2.13. The molecule has 0 aliphatic carbocycles. The van der Waals surface area contributed by atoms with Gasteiger partial charge in [-0.05, 0) is 44.6 Å². The molecular weight excluding hydrogens is 347 g/mol. The quantitative estimate of drug-likeness (QED) is 0.724. The Morgan fingerprint density at radius 1 is 1.62 bits per heavy atom. The second kappa shape index (κ2) is 4.36. The Balaban J connectivity index is 3.09. The summed E-state index contributed by atoms with van der Waals surface area (Å²) in [7, 11) is 3.42. The van der Waals surface area contributed by atoms with Gasteiger partial charge in [0.05, 0.1) is 0 Å². The molecule has 1 rings (SSSR count). The molecule has 1 aromatic heterocycles. The van der Waals surface area contributed by atoms with Crippen molar-refractivity contribution in [2.24, 2.45) is 0 Å². The van der Waals surface area contributed by atoms with Crippen molar-refractivity contribution in [3.8, 4) is 0 Å². The Morgan fingerprint density at radius 3 is 2.69 bits per heavy atom. The molecule has 5 heteroatoms. The summed E-state index contributed by atoms with van der Waals surface area (Å²) in [5.41, 5.74) is 0.494. The van der Waals surface area contributed by atoms with E-state index < -0.39 is 0 Å². The predicted octanol–water partition coefficient (Wildman–Crippen LogP) is 2.15. The smallest absolute Gasteiger partial charge is 0.273 e. The van der Waals surface area contributed by atoms with Gasteiger partial charge in [0.15, 0.2) is 0 Å². The molecule has 0 unspecified atom stereocenters. The summed E-state index contributed by atoms with van der Waals surface area (Å²) >= 11 is 5.38. The van der Waals surface area contributed by atoms with E-state index in [1.54, 1.807) is 20.3 Å². The summed E-state index contributed by atoms with van der Waals surface area (Å²) in [6.07, 6.45) is 1.62. The number of nitrogens with zero attached hydrogens (tertiary/aromatic N) is 2. The second-order valence-corrected chi connectivity index (χ2v) is 4.76. The van der Waals surface area contributed by atoms with E-state index in [1.165, 1.54) is 4.90 Å². The van der Waals surface area contributed by atoms with Crippen LogP contribution in [0.15, 0.2) is 16.7 Å². The number of rotatable bonds is 1. The molecule has 0 aliphatic heterocycles. The molecule has 1 amide bonds. The lowest BCUT2D eigenvalue weighted by Crippen LogP contribution is -2.23. The molecule has 1 heterocycles. The van der Waals surface area contributed by atoms with Crippen molar-refractivity contribution in [1.29, 1.82) is 0 Å². The minimum absolute atomic E-state index is 0.0723. The van der Waals surface area contributed by atoms with E-state index in [-0.39, 0.29) is 5.91 Å². The molecule has 0 spiro atoms. The summed E-state index contributed by atoms with van der Waals surface area (Å²) in [6, 6.07) is 1.87. The first-order valence-electron chi connectivity index (χ1n) is 3.55. The van der Waals surface area contributed by atoms with Gasteiger partial charge in [-0.1, -0.05) is 0 Å². The van der Waals surface area contributed by atoms with Gasteiger partial charge in [0.2, 0.25) is 0 Å². The molecule has 13 heavy (non-hydrogen) atoms. The minimum Gasteiger partial charge on any atom is -0.343 e. The Bertz CT molecular complexity index is 341. The number of hydrogen-bond acceptors (Lipinski definition) is 2. The molecular formula is C8H8BrIN2O. The summed E-state index contributed by atoms with van der Waals surface area (Å²) in [6.45, 7) is 0. The van der Waals surface area contributed by atoms with Crippen molar-refractivity contribution in [2.45, 2.75) is 0 Å².